The van der Waals surface area contributed by atoms with Crippen molar-refractivity contribution < 1.29 is 13.2 Å². The highest BCUT2D eigenvalue weighted by Crippen LogP contribution is 2.28. The number of nitrogens with one attached hydrogen (secondary N) is 1. The van der Waals surface area contributed by atoms with Crippen LogP contribution in [0.5, 0.6) is 0 Å². The summed E-state index contributed by atoms with van der Waals surface area (Å²) in [6.45, 7) is 1.24. The lowest BCUT2D eigenvalue weighted by molar-refractivity contribution is -0.144. The van der Waals surface area contributed by atoms with Crippen molar-refractivity contribution in [3.63, 3.8) is 0 Å². The maximum Gasteiger partial charge on any atom is 0.431 e. The summed E-state index contributed by atoms with van der Waals surface area (Å²) < 4.78 is 39.3. The van der Waals surface area contributed by atoms with Crippen LogP contribution in [0.2, 0.25) is 0 Å². The first kappa shape index (κ1) is 16.1. The monoisotopic (exact) mass is 302 g/mol. The minimum atomic E-state index is -4.50. The molecule has 0 amide bonds. The molecule has 0 radical (unpaired) electrons. The topological polar surface area (TPSA) is 34.0 Å². The van der Waals surface area contributed by atoms with Gasteiger partial charge < -0.3 is 9.88 Å². The van der Waals surface area contributed by atoms with E-state index in [1.807, 2.05) is 0 Å². The van der Waals surface area contributed by atoms with Crippen LogP contribution in [0, 0.1) is 5.92 Å². The van der Waals surface area contributed by atoms with Gasteiger partial charge in [-0.2, -0.15) is 13.2 Å². The van der Waals surface area contributed by atoms with E-state index in [1.54, 1.807) is 0 Å². The molecular formula is C15H21F3N2O. The largest absolute Gasteiger partial charge is 0.431 e. The molecule has 1 aromatic heterocycles. The van der Waals surface area contributed by atoms with Crippen LogP contribution in [-0.4, -0.2) is 17.7 Å². The van der Waals surface area contributed by atoms with Crippen molar-refractivity contribution in [2.24, 2.45) is 5.92 Å². The van der Waals surface area contributed by atoms with Gasteiger partial charge in [-0.15, -0.1) is 0 Å². The van der Waals surface area contributed by atoms with Crippen molar-refractivity contribution in [3.8, 4) is 0 Å². The Morgan fingerprint density at radius 2 is 1.90 bits per heavy atom. The van der Waals surface area contributed by atoms with Gasteiger partial charge in [0.1, 0.15) is 5.69 Å². The zero-order chi connectivity index (χ0) is 15.3. The Labute approximate surface area is 122 Å². The van der Waals surface area contributed by atoms with Crippen LogP contribution in [0.1, 0.15) is 37.8 Å². The highest BCUT2D eigenvalue weighted by Gasteiger charge is 2.33. The summed E-state index contributed by atoms with van der Waals surface area (Å²) in [5.41, 5.74) is -1.49. The van der Waals surface area contributed by atoms with Gasteiger partial charge in [-0.1, -0.05) is 25.3 Å². The number of nitrogens with zero attached hydrogens (tertiary/aromatic N) is 1. The minimum Gasteiger partial charge on any atom is -0.315 e. The molecule has 0 bridgehead atoms. The summed E-state index contributed by atoms with van der Waals surface area (Å²) in [6, 6.07) is 3.26. The van der Waals surface area contributed by atoms with Crippen LogP contribution in [0.25, 0.3) is 0 Å². The Balaban J connectivity index is 1.89. The third-order valence-corrected chi connectivity index (χ3v) is 4.01. The molecule has 1 heterocycles. The molecule has 0 aliphatic heterocycles. The number of aromatic nitrogens is 1. The van der Waals surface area contributed by atoms with Gasteiger partial charge in [-0.3, -0.25) is 4.79 Å². The third kappa shape index (κ3) is 4.59. The first-order valence-corrected chi connectivity index (χ1v) is 7.46. The minimum absolute atomic E-state index is 0.0429. The Kier molecular flexibility index (Phi) is 5.45. The fourth-order valence-electron chi connectivity index (χ4n) is 2.89. The quantitative estimate of drug-likeness (QED) is 0.848. The molecule has 0 saturated heterocycles. The van der Waals surface area contributed by atoms with Gasteiger partial charge in [0, 0.05) is 19.2 Å². The normalized spacial score (nSPS) is 17.1. The van der Waals surface area contributed by atoms with Crippen LogP contribution in [-0.2, 0) is 12.7 Å². The number of hydrogen-bond acceptors (Lipinski definition) is 2. The van der Waals surface area contributed by atoms with E-state index in [0.29, 0.717) is 12.5 Å². The number of alkyl halides is 3. The molecule has 21 heavy (non-hydrogen) atoms. The van der Waals surface area contributed by atoms with Crippen molar-refractivity contribution in [1.82, 2.24) is 9.88 Å². The molecule has 1 N–H and O–H groups in total. The summed E-state index contributed by atoms with van der Waals surface area (Å²) >= 11 is 0. The second kappa shape index (κ2) is 7.11. The molecule has 1 saturated carbocycles. The highest BCUT2D eigenvalue weighted by atomic mass is 19.4. The molecule has 3 nitrogen and oxygen atoms in total. The third-order valence-electron chi connectivity index (χ3n) is 4.01. The van der Waals surface area contributed by atoms with Crippen LogP contribution < -0.4 is 10.9 Å². The second-order valence-electron chi connectivity index (χ2n) is 5.61. The first-order chi connectivity index (χ1) is 9.98. The zero-order valence-corrected chi connectivity index (χ0v) is 12.0. The Morgan fingerprint density at radius 1 is 1.19 bits per heavy atom. The SMILES string of the molecule is O=c1cccc(C(F)(F)F)n1CCNCC1CCCCC1. The number of hydrogen-bond donors (Lipinski definition) is 1. The molecular weight excluding hydrogens is 281 g/mol. The predicted molar refractivity (Wildman–Crippen MR) is 75.1 cm³/mol. The average molecular weight is 302 g/mol. The van der Waals surface area contributed by atoms with E-state index >= 15 is 0 Å². The van der Waals surface area contributed by atoms with E-state index in [9.17, 15) is 18.0 Å². The Morgan fingerprint density at radius 3 is 2.57 bits per heavy atom. The van der Waals surface area contributed by atoms with E-state index in [1.165, 1.54) is 32.1 Å². The molecule has 1 aromatic rings. The van der Waals surface area contributed by atoms with Gasteiger partial charge in [0.15, 0.2) is 0 Å². The molecule has 0 atom stereocenters. The molecule has 0 aromatic carbocycles. The lowest BCUT2D eigenvalue weighted by atomic mass is 9.89. The summed E-state index contributed by atoms with van der Waals surface area (Å²) in [4.78, 5) is 11.6. The molecule has 6 heteroatoms. The highest BCUT2D eigenvalue weighted by molar-refractivity contribution is 5.10. The van der Waals surface area contributed by atoms with Crippen LogP contribution in [0.15, 0.2) is 23.0 Å². The fraction of sp³-hybridized carbons (Fsp3) is 0.667. The van der Waals surface area contributed by atoms with Crippen LogP contribution in [0.4, 0.5) is 13.2 Å². The van der Waals surface area contributed by atoms with E-state index in [2.05, 4.69) is 5.32 Å². The van der Waals surface area contributed by atoms with Crippen molar-refractivity contribution in [1.29, 1.82) is 0 Å². The van der Waals surface area contributed by atoms with Gasteiger partial charge in [-0.05, 0) is 31.4 Å². The average Bonchev–Trinajstić information content (AvgIpc) is 2.45. The molecule has 1 aliphatic rings. The lowest BCUT2D eigenvalue weighted by Gasteiger charge is -2.22. The number of rotatable bonds is 5. The van der Waals surface area contributed by atoms with Crippen molar-refractivity contribution >= 4 is 0 Å². The van der Waals surface area contributed by atoms with Gasteiger partial charge in [-0.25, -0.2) is 0 Å². The summed E-state index contributed by atoms with van der Waals surface area (Å²) in [6.07, 6.45) is 1.64. The van der Waals surface area contributed by atoms with Crippen molar-refractivity contribution in [2.45, 2.75) is 44.8 Å². The lowest BCUT2D eigenvalue weighted by Crippen LogP contribution is -2.33. The van der Waals surface area contributed by atoms with Gasteiger partial charge >= 0.3 is 6.18 Å². The summed E-state index contributed by atoms with van der Waals surface area (Å²) in [5.74, 6) is 0.619. The Bertz CT molecular complexity index is 504. The van der Waals surface area contributed by atoms with Gasteiger partial charge in [0.2, 0.25) is 0 Å². The fourth-order valence-corrected chi connectivity index (χ4v) is 2.89. The number of halogens is 3. The van der Waals surface area contributed by atoms with E-state index in [-0.39, 0.29) is 6.54 Å². The second-order valence-corrected chi connectivity index (χ2v) is 5.61. The molecule has 0 unspecified atom stereocenters. The van der Waals surface area contributed by atoms with Crippen molar-refractivity contribution in [3.05, 3.63) is 34.2 Å². The molecule has 1 aliphatic carbocycles. The number of pyridine rings is 1. The summed E-state index contributed by atoms with van der Waals surface area (Å²) in [5, 5.41) is 3.18. The van der Waals surface area contributed by atoms with Crippen LogP contribution >= 0.6 is 0 Å². The molecule has 1 fully saturated rings. The van der Waals surface area contributed by atoms with E-state index in [0.717, 1.165) is 29.3 Å². The molecule has 0 spiro atoms. The Hall–Kier alpha value is -1.30. The summed E-state index contributed by atoms with van der Waals surface area (Å²) in [7, 11) is 0. The first-order valence-electron chi connectivity index (χ1n) is 7.46. The maximum absolute atomic E-state index is 12.8. The maximum atomic E-state index is 12.8. The van der Waals surface area contributed by atoms with Gasteiger partial charge in [0.25, 0.3) is 5.56 Å². The van der Waals surface area contributed by atoms with Crippen LogP contribution in [0.3, 0.4) is 0 Å². The van der Waals surface area contributed by atoms with E-state index < -0.39 is 17.4 Å². The van der Waals surface area contributed by atoms with E-state index in [4.69, 9.17) is 0 Å². The van der Waals surface area contributed by atoms with Crippen molar-refractivity contribution in [2.75, 3.05) is 13.1 Å². The van der Waals surface area contributed by atoms with Gasteiger partial charge in [0.05, 0.1) is 0 Å². The predicted octanol–water partition coefficient (Wildman–Crippen LogP) is 3.04. The zero-order valence-electron chi connectivity index (χ0n) is 12.0. The standard InChI is InChI=1S/C15H21F3N2O/c16-15(17,18)13-7-4-8-14(21)20(13)10-9-19-11-12-5-2-1-3-6-12/h4,7-8,12,19H,1-3,5-6,9-11H2. The smallest absolute Gasteiger partial charge is 0.315 e. The molecule has 118 valence electrons. The molecule has 2 rings (SSSR count).